The van der Waals surface area contributed by atoms with Gasteiger partial charge in [-0.25, -0.2) is 4.79 Å². The average Bonchev–Trinajstić information content (AvgIpc) is 3.28. The molecule has 0 aliphatic carbocycles. The van der Waals surface area contributed by atoms with Crippen LogP contribution in [0.5, 0.6) is 0 Å². The molecule has 1 aliphatic heterocycles. The highest BCUT2D eigenvalue weighted by Crippen LogP contribution is 2.29. The van der Waals surface area contributed by atoms with E-state index in [0.717, 1.165) is 19.4 Å². The van der Waals surface area contributed by atoms with Gasteiger partial charge in [-0.2, -0.15) is 4.98 Å². The molecule has 1 atom stereocenters. The molecule has 0 bridgehead atoms. The summed E-state index contributed by atoms with van der Waals surface area (Å²) < 4.78 is 10.1. The molecule has 2 aromatic carbocycles. The van der Waals surface area contributed by atoms with Crippen molar-refractivity contribution in [1.29, 1.82) is 0 Å². The van der Waals surface area contributed by atoms with E-state index < -0.39 is 5.97 Å². The topological polar surface area (TPSA) is 97.6 Å². The van der Waals surface area contributed by atoms with Gasteiger partial charge in [0.1, 0.15) is 0 Å². The molecule has 0 radical (unpaired) electrons. The summed E-state index contributed by atoms with van der Waals surface area (Å²) in [5.74, 6) is -0.125. The van der Waals surface area contributed by atoms with Crippen LogP contribution >= 0.6 is 34.8 Å². The molecule has 1 fully saturated rings. The number of nitrogens with zero attached hydrogens (tertiary/aromatic N) is 3. The molecule has 0 spiro atoms. The van der Waals surface area contributed by atoms with Crippen LogP contribution in [0.4, 0.5) is 5.69 Å². The number of amides is 1. The summed E-state index contributed by atoms with van der Waals surface area (Å²) in [6.07, 6.45) is 1.59. The Morgan fingerprint density at radius 3 is 2.76 bits per heavy atom. The summed E-state index contributed by atoms with van der Waals surface area (Å²) in [6.45, 7) is 1.74. The van der Waals surface area contributed by atoms with Crippen LogP contribution in [-0.2, 0) is 16.1 Å². The summed E-state index contributed by atoms with van der Waals surface area (Å²) in [4.78, 5) is 31.3. The largest absolute Gasteiger partial charge is 0.465 e. The van der Waals surface area contributed by atoms with Crippen LogP contribution in [0.15, 0.2) is 40.9 Å². The van der Waals surface area contributed by atoms with E-state index in [-0.39, 0.29) is 22.4 Å². The second-order valence-corrected chi connectivity index (χ2v) is 9.14. The summed E-state index contributed by atoms with van der Waals surface area (Å²) in [5, 5.41) is 8.11. The third-order valence-electron chi connectivity index (χ3n) is 5.51. The average molecular weight is 524 g/mol. The van der Waals surface area contributed by atoms with Crippen LogP contribution in [0.25, 0.3) is 11.4 Å². The highest BCUT2D eigenvalue weighted by atomic mass is 35.5. The smallest absolute Gasteiger partial charge is 0.339 e. The molecular weight excluding hydrogens is 503 g/mol. The maximum Gasteiger partial charge on any atom is 0.339 e. The molecule has 0 saturated carbocycles. The summed E-state index contributed by atoms with van der Waals surface area (Å²) >= 11 is 18.2. The number of nitrogens with one attached hydrogen (secondary N) is 1. The van der Waals surface area contributed by atoms with Crippen molar-refractivity contribution in [3.05, 3.63) is 62.9 Å². The summed E-state index contributed by atoms with van der Waals surface area (Å²) in [5.41, 5.74) is 1.31. The summed E-state index contributed by atoms with van der Waals surface area (Å²) in [6, 6.07) is 9.78. The molecule has 1 saturated heterocycles. The molecule has 1 amide bonds. The predicted molar refractivity (Wildman–Crippen MR) is 129 cm³/mol. The fraction of sp³-hybridized carbons (Fsp3) is 0.304. The molecule has 1 unspecified atom stereocenters. The number of piperidine rings is 1. The van der Waals surface area contributed by atoms with Crippen molar-refractivity contribution in [3.63, 3.8) is 0 Å². The van der Waals surface area contributed by atoms with Gasteiger partial charge in [0.2, 0.25) is 17.6 Å². The van der Waals surface area contributed by atoms with Crippen LogP contribution in [0.1, 0.15) is 29.1 Å². The number of anilines is 1. The number of ether oxygens (including phenoxy) is 1. The molecule has 4 rings (SSSR count). The standard InChI is InChI=1S/C23H21Cl3N4O4/c1-33-23(32)17-10-15(5-7-18(17)25)27-22(31)13-3-2-8-30(11-13)12-20-28-21(29-34-20)16-6-4-14(24)9-19(16)26/h4-7,9-10,13H,2-3,8,11-12H2,1H3,(H,27,31). The van der Waals surface area contributed by atoms with Crippen LogP contribution < -0.4 is 5.32 Å². The molecule has 2 heterocycles. The van der Waals surface area contributed by atoms with Crippen LogP contribution in [0.3, 0.4) is 0 Å². The number of hydrogen-bond donors (Lipinski definition) is 1. The van der Waals surface area contributed by atoms with Gasteiger partial charge in [-0.1, -0.05) is 40.0 Å². The first kappa shape index (κ1) is 24.5. The van der Waals surface area contributed by atoms with E-state index in [9.17, 15) is 9.59 Å². The lowest BCUT2D eigenvalue weighted by molar-refractivity contribution is -0.121. The minimum Gasteiger partial charge on any atom is -0.465 e. The zero-order valence-electron chi connectivity index (χ0n) is 18.2. The van der Waals surface area contributed by atoms with Gasteiger partial charge in [-0.05, 0) is 55.8 Å². The van der Waals surface area contributed by atoms with E-state index >= 15 is 0 Å². The maximum absolute atomic E-state index is 12.9. The van der Waals surface area contributed by atoms with Gasteiger partial charge in [0.05, 0.1) is 35.2 Å². The Labute approximate surface area is 211 Å². The third-order valence-corrected chi connectivity index (χ3v) is 6.39. The number of methoxy groups -OCH3 is 1. The first-order valence-corrected chi connectivity index (χ1v) is 11.7. The van der Waals surface area contributed by atoms with Crippen molar-refractivity contribution in [2.45, 2.75) is 19.4 Å². The van der Waals surface area contributed by atoms with Gasteiger partial charge in [0, 0.05) is 22.8 Å². The molecule has 8 nitrogen and oxygen atoms in total. The van der Waals surface area contributed by atoms with E-state index in [1.807, 2.05) is 0 Å². The maximum atomic E-state index is 12.9. The number of aromatic nitrogens is 2. The predicted octanol–water partition coefficient (Wildman–Crippen LogP) is 5.33. The van der Waals surface area contributed by atoms with Gasteiger partial charge in [-0.15, -0.1) is 0 Å². The first-order chi connectivity index (χ1) is 16.3. The number of likely N-dealkylation sites (tertiary alicyclic amines) is 1. The molecule has 34 heavy (non-hydrogen) atoms. The monoisotopic (exact) mass is 522 g/mol. The number of benzene rings is 2. The van der Waals surface area contributed by atoms with Crippen molar-refractivity contribution in [2.24, 2.45) is 5.92 Å². The zero-order chi connectivity index (χ0) is 24.2. The Morgan fingerprint density at radius 2 is 2.00 bits per heavy atom. The van der Waals surface area contributed by atoms with Crippen LogP contribution in [0.2, 0.25) is 15.1 Å². The van der Waals surface area contributed by atoms with Gasteiger partial charge >= 0.3 is 5.97 Å². The van der Waals surface area contributed by atoms with Gasteiger partial charge < -0.3 is 14.6 Å². The van der Waals surface area contributed by atoms with Gasteiger partial charge in [0.25, 0.3) is 0 Å². The fourth-order valence-corrected chi connectivity index (χ4v) is 4.51. The minimum atomic E-state index is -0.566. The molecular formula is C23H21Cl3N4O4. The van der Waals surface area contributed by atoms with Crippen molar-refractivity contribution in [1.82, 2.24) is 15.0 Å². The molecule has 1 aliphatic rings. The van der Waals surface area contributed by atoms with Crippen molar-refractivity contribution in [2.75, 3.05) is 25.5 Å². The third kappa shape index (κ3) is 5.70. The minimum absolute atomic E-state index is 0.137. The second kappa shape index (κ2) is 10.7. The van der Waals surface area contributed by atoms with Crippen molar-refractivity contribution < 1.29 is 18.8 Å². The molecule has 178 valence electrons. The van der Waals surface area contributed by atoms with Crippen LogP contribution in [0, 0.1) is 5.92 Å². The Kier molecular flexibility index (Phi) is 7.73. The lowest BCUT2D eigenvalue weighted by Gasteiger charge is -2.30. The number of halogens is 3. The van der Waals surface area contributed by atoms with E-state index in [1.165, 1.54) is 13.2 Å². The molecule has 3 aromatic rings. The number of carbonyl (C=O) groups is 2. The van der Waals surface area contributed by atoms with Gasteiger partial charge in [0.15, 0.2) is 0 Å². The Bertz CT molecular complexity index is 1220. The lowest BCUT2D eigenvalue weighted by Crippen LogP contribution is -2.40. The number of hydrogen-bond acceptors (Lipinski definition) is 7. The summed E-state index contributed by atoms with van der Waals surface area (Å²) in [7, 11) is 1.27. The molecule has 1 N–H and O–H groups in total. The number of rotatable bonds is 6. The lowest BCUT2D eigenvalue weighted by atomic mass is 9.97. The Morgan fingerprint density at radius 1 is 1.18 bits per heavy atom. The number of carbonyl (C=O) groups excluding carboxylic acids is 2. The SMILES string of the molecule is COC(=O)c1cc(NC(=O)C2CCCN(Cc3nc(-c4ccc(Cl)cc4Cl)no3)C2)ccc1Cl. The Hall–Kier alpha value is -2.65. The Balaban J connectivity index is 1.39. The van der Waals surface area contributed by atoms with E-state index in [2.05, 4.69) is 20.4 Å². The molecule has 11 heteroatoms. The zero-order valence-corrected chi connectivity index (χ0v) is 20.5. The second-order valence-electron chi connectivity index (χ2n) is 7.89. The van der Waals surface area contributed by atoms with E-state index in [1.54, 1.807) is 30.3 Å². The van der Waals surface area contributed by atoms with E-state index in [4.69, 9.17) is 44.1 Å². The van der Waals surface area contributed by atoms with Gasteiger partial charge in [-0.3, -0.25) is 9.69 Å². The van der Waals surface area contributed by atoms with Crippen molar-refractivity contribution in [3.8, 4) is 11.4 Å². The van der Waals surface area contributed by atoms with E-state index in [0.29, 0.717) is 46.1 Å². The van der Waals surface area contributed by atoms with Crippen LogP contribution in [-0.4, -0.2) is 47.1 Å². The normalized spacial score (nSPS) is 16.3. The highest BCUT2D eigenvalue weighted by molar-refractivity contribution is 6.36. The first-order valence-electron chi connectivity index (χ1n) is 10.5. The van der Waals surface area contributed by atoms with Crippen molar-refractivity contribution >= 4 is 52.4 Å². The highest BCUT2D eigenvalue weighted by Gasteiger charge is 2.27. The molecule has 1 aromatic heterocycles. The number of esters is 1. The fourth-order valence-electron chi connectivity index (χ4n) is 3.82. The quantitative estimate of drug-likeness (QED) is 0.436.